The number of hydrogen-bond acceptors (Lipinski definition) is 4. The molecule has 1 heterocycles. The molecule has 0 aliphatic carbocycles. The summed E-state index contributed by atoms with van der Waals surface area (Å²) in [5, 5.41) is 6.90. The van der Waals surface area contributed by atoms with Gasteiger partial charge in [-0.2, -0.15) is 5.10 Å². The van der Waals surface area contributed by atoms with Crippen LogP contribution in [-0.4, -0.2) is 18.6 Å². The van der Waals surface area contributed by atoms with Crippen LogP contribution in [0.4, 0.5) is 11.5 Å². The molecule has 0 unspecified atom stereocenters. The minimum atomic E-state index is -3.72. The van der Waals surface area contributed by atoms with Gasteiger partial charge in [-0.1, -0.05) is 18.5 Å². The van der Waals surface area contributed by atoms with E-state index in [1.807, 2.05) is 6.92 Å². The number of anilines is 2. The Morgan fingerprint density at radius 1 is 1.42 bits per heavy atom. The third kappa shape index (κ3) is 2.99. The molecular formula is C11H13ClN4O2S. The molecule has 0 aliphatic rings. The molecule has 0 aliphatic heterocycles. The van der Waals surface area contributed by atoms with E-state index in [0.717, 1.165) is 12.1 Å². The Labute approximate surface area is 116 Å². The van der Waals surface area contributed by atoms with Crippen LogP contribution in [0.5, 0.6) is 0 Å². The fourth-order valence-electron chi connectivity index (χ4n) is 1.48. The summed E-state index contributed by atoms with van der Waals surface area (Å²) in [6.07, 6.45) is 0.739. The van der Waals surface area contributed by atoms with Gasteiger partial charge in [-0.15, -0.1) is 0 Å². The van der Waals surface area contributed by atoms with Crippen molar-refractivity contribution < 1.29 is 8.42 Å². The molecule has 6 nitrogen and oxygen atoms in total. The Morgan fingerprint density at radius 3 is 2.74 bits per heavy atom. The molecule has 0 radical (unpaired) electrons. The number of nitrogen functional groups attached to an aromatic ring is 1. The third-order valence-electron chi connectivity index (χ3n) is 2.53. The maximum absolute atomic E-state index is 12.1. The summed E-state index contributed by atoms with van der Waals surface area (Å²) in [6.45, 7) is 1.94. The van der Waals surface area contributed by atoms with Gasteiger partial charge in [0.1, 0.15) is 0 Å². The molecule has 0 bridgehead atoms. The van der Waals surface area contributed by atoms with Crippen molar-refractivity contribution in [2.45, 2.75) is 18.2 Å². The van der Waals surface area contributed by atoms with E-state index < -0.39 is 10.0 Å². The number of nitrogens with two attached hydrogens (primary N) is 1. The predicted octanol–water partition coefficient (Wildman–Crippen LogP) is 2.01. The lowest BCUT2D eigenvalue weighted by Gasteiger charge is -2.06. The zero-order valence-corrected chi connectivity index (χ0v) is 11.7. The van der Waals surface area contributed by atoms with Crippen molar-refractivity contribution >= 4 is 33.1 Å². The van der Waals surface area contributed by atoms with Crippen LogP contribution in [0.1, 0.15) is 12.6 Å². The number of rotatable bonds is 4. The largest absolute Gasteiger partial charge is 0.397 e. The van der Waals surface area contributed by atoms with Crippen molar-refractivity contribution in [3.63, 3.8) is 0 Å². The molecule has 102 valence electrons. The summed E-state index contributed by atoms with van der Waals surface area (Å²) >= 11 is 5.76. The molecule has 8 heteroatoms. The SMILES string of the molecule is CCc1cc(NS(=O)(=O)c2ccc(Cl)c(N)c2)n[nH]1. The van der Waals surface area contributed by atoms with E-state index in [1.54, 1.807) is 6.07 Å². The summed E-state index contributed by atoms with van der Waals surface area (Å²) in [7, 11) is -3.72. The number of hydrogen-bond donors (Lipinski definition) is 3. The summed E-state index contributed by atoms with van der Waals surface area (Å²) < 4.78 is 26.6. The first kappa shape index (κ1) is 13.7. The summed E-state index contributed by atoms with van der Waals surface area (Å²) in [6, 6.07) is 5.76. The first-order chi connectivity index (χ1) is 8.92. The zero-order valence-electron chi connectivity index (χ0n) is 10.1. The highest BCUT2D eigenvalue weighted by Gasteiger charge is 2.16. The standard InChI is InChI=1S/C11H13ClN4O2S/c1-2-7-5-11(15-14-7)16-19(17,18)8-3-4-9(12)10(13)6-8/h3-6H,2,13H2,1H3,(H2,14,15,16). The van der Waals surface area contributed by atoms with E-state index in [2.05, 4.69) is 14.9 Å². The molecular weight excluding hydrogens is 288 g/mol. The Kier molecular flexibility index (Phi) is 3.68. The van der Waals surface area contributed by atoms with E-state index in [0.29, 0.717) is 5.02 Å². The molecule has 2 aromatic rings. The van der Waals surface area contributed by atoms with Crippen LogP contribution in [-0.2, 0) is 16.4 Å². The van der Waals surface area contributed by atoms with Crippen molar-refractivity contribution in [1.29, 1.82) is 0 Å². The fourth-order valence-corrected chi connectivity index (χ4v) is 2.63. The average Bonchev–Trinajstić information content (AvgIpc) is 2.79. The third-order valence-corrected chi connectivity index (χ3v) is 4.23. The second kappa shape index (κ2) is 5.10. The number of nitrogens with one attached hydrogen (secondary N) is 2. The molecule has 0 saturated carbocycles. The fraction of sp³-hybridized carbons (Fsp3) is 0.182. The van der Waals surface area contributed by atoms with Crippen molar-refractivity contribution in [2.75, 3.05) is 10.5 Å². The molecule has 0 spiro atoms. The number of aryl methyl sites for hydroxylation is 1. The van der Waals surface area contributed by atoms with Crippen molar-refractivity contribution in [3.8, 4) is 0 Å². The molecule has 1 aromatic heterocycles. The maximum Gasteiger partial charge on any atom is 0.263 e. The van der Waals surface area contributed by atoms with Gasteiger partial charge in [0.05, 0.1) is 15.6 Å². The minimum absolute atomic E-state index is 0.0375. The molecule has 0 atom stereocenters. The van der Waals surface area contributed by atoms with E-state index in [9.17, 15) is 8.42 Å². The van der Waals surface area contributed by atoms with Crippen LogP contribution in [0.25, 0.3) is 0 Å². The van der Waals surface area contributed by atoms with E-state index in [4.69, 9.17) is 17.3 Å². The molecule has 2 rings (SSSR count). The Balaban J connectivity index is 2.29. The molecule has 1 aromatic carbocycles. The summed E-state index contributed by atoms with van der Waals surface area (Å²) in [4.78, 5) is 0.0375. The lowest BCUT2D eigenvalue weighted by atomic mass is 10.3. The Morgan fingerprint density at radius 2 is 2.16 bits per heavy atom. The number of nitrogens with zero attached hydrogens (tertiary/aromatic N) is 1. The maximum atomic E-state index is 12.1. The van der Waals surface area contributed by atoms with Gasteiger partial charge < -0.3 is 5.73 Å². The van der Waals surface area contributed by atoms with Crippen LogP contribution in [0, 0.1) is 0 Å². The van der Waals surface area contributed by atoms with Crippen LogP contribution < -0.4 is 10.5 Å². The Bertz CT molecular complexity index is 696. The molecule has 0 fully saturated rings. The minimum Gasteiger partial charge on any atom is -0.397 e. The normalized spacial score (nSPS) is 11.5. The quantitative estimate of drug-likeness (QED) is 0.752. The second-order valence-corrected chi connectivity index (χ2v) is 6.01. The number of benzene rings is 1. The van der Waals surface area contributed by atoms with Crippen LogP contribution in [0.3, 0.4) is 0 Å². The predicted molar refractivity (Wildman–Crippen MR) is 74.6 cm³/mol. The number of aromatic amines is 1. The highest BCUT2D eigenvalue weighted by molar-refractivity contribution is 7.92. The topological polar surface area (TPSA) is 101 Å². The molecule has 19 heavy (non-hydrogen) atoms. The van der Waals surface area contributed by atoms with E-state index >= 15 is 0 Å². The van der Waals surface area contributed by atoms with Gasteiger partial charge >= 0.3 is 0 Å². The van der Waals surface area contributed by atoms with Crippen molar-refractivity contribution in [1.82, 2.24) is 10.2 Å². The molecule has 0 saturated heterocycles. The van der Waals surface area contributed by atoms with Crippen molar-refractivity contribution in [2.24, 2.45) is 0 Å². The highest BCUT2D eigenvalue weighted by atomic mass is 35.5. The highest BCUT2D eigenvalue weighted by Crippen LogP contribution is 2.23. The van der Waals surface area contributed by atoms with E-state index in [-0.39, 0.29) is 16.4 Å². The van der Waals surface area contributed by atoms with Crippen molar-refractivity contribution in [3.05, 3.63) is 35.0 Å². The number of halogens is 1. The van der Waals surface area contributed by atoms with Gasteiger partial charge in [0.15, 0.2) is 5.82 Å². The van der Waals surface area contributed by atoms with Gasteiger partial charge in [0.25, 0.3) is 10.0 Å². The first-order valence-corrected chi connectivity index (χ1v) is 7.40. The first-order valence-electron chi connectivity index (χ1n) is 5.54. The van der Waals surface area contributed by atoms with Gasteiger partial charge in [-0.05, 0) is 24.6 Å². The summed E-state index contributed by atoms with van der Waals surface area (Å²) in [5.41, 5.74) is 6.64. The Hall–Kier alpha value is -1.73. The van der Waals surface area contributed by atoms with Gasteiger partial charge in [0.2, 0.25) is 0 Å². The van der Waals surface area contributed by atoms with E-state index in [1.165, 1.54) is 18.2 Å². The smallest absolute Gasteiger partial charge is 0.263 e. The lowest BCUT2D eigenvalue weighted by molar-refractivity contribution is 0.601. The van der Waals surface area contributed by atoms with Gasteiger partial charge in [-0.25, -0.2) is 8.42 Å². The van der Waals surface area contributed by atoms with Crippen LogP contribution >= 0.6 is 11.6 Å². The second-order valence-electron chi connectivity index (χ2n) is 3.92. The van der Waals surface area contributed by atoms with Crippen LogP contribution in [0.2, 0.25) is 5.02 Å². The zero-order chi connectivity index (χ0) is 14.0. The molecule has 4 N–H and O–H groups in total. The van der Waals surface area contributed by atoms with Gasteiger partial charge in [0, 0.05) is 11.8 Å². The van der Waals surface area contributed by atoms with Gasteiger partial charge in [-0.3, -0.25) is 9.82 Å². The molecule has 0 amide bonds. The number of aromatic nitrogens is 2. The average molecular weight is 301 g/mol. The van der Waals surface area contributed by atoms with Crippen LogP contribution in [0.15, 0.2) is 29.2 Å². The summed E-state index contributed by atoms with van der Waals surface area (Å²) in [5.74, 6) is 0.241. The number of H-pyrrole nitrogens is 1. The monoisotopic (exact) mass is 300 g/mol. The number of sulfonamides is 1. The lowest BCUT2D eigenvalue weighted by Crippen LogP contribution is -2.13.